The molecule has 0 radical (unpaired) electrons. The molecule has 0 saturated carbocycles. The number of amides is 4. The van der Waals surface area contributed by atoms with E-state index in [0.29, 0.717) is 5.69 Å². The summed E-state index contributed by atoms with van der Waals surface area (Å²) in [5.41, 5.74) is 0.627. The van der Waals surface area contributed by atoms with E-state index in [2.05, 4.69) is 5.10 Å². The minimum absolute atomic E-state index is 0.0407. The lowest BCUT2D eigenvalue weighted by Gasteiger charge is -2.28. The summed E-state index contributed by atoms with van der Waals surface area (Å²) in [5, 5.41) is 4.25. The molecule has 0 atom stereocenters. The number of hydrogen-bond acceptors (Lipinski definition) is 6. The first-order valence-electron chi connectivity index (χ1n) is 8.49. The monoisotopic (exact) mass is 382 g/mol. The summed E-state index contributed by atoms with van der Waals surface area (Å²) in [6.45, 7) is 1.80. The average Bonchev–Trinajstić information content (AvgIpc) is 3.13. The standard InChI is InChI=1S/C19H18N4O5/c1-4-28-18(26)15-12(11-23(20-15)13-8-6-5-7-9-13)10-14-16(24)21(2)19(27)22(3)17(14)25/h5-11H,4H2,1-3H3. The van der Waals surface area contributed by atoms with Crippen molar-refractivity contribution < 1.29 is 23.9 Å². The number of likely N-dealkylation sites (N-methyl/N-ethyl adjacent to an activating group) is 2. The van der Waals surface area contributed by atoms with Gasteiger partial charge in [-0.25, -0.2) is 14.3 Å². The highest BCUT2D eigenvalue weighted by Crippen LogP contribution is 2.21. The predicted molar refractivity (Wildman–Crippen MR) is 98.4 cm³/mol. The van der Waals surface area contributed by atoms with Gasteiger partial charge in [0.15, 0.2) is 5.69 Å². The van der Waals surface area contributed by atoms with Crippen LogP contribution in [-0.4, -0.2) is 64.1 Å². The van der Waals surface area contributed by atoms with Crippen LogP contribution in [-0.2, 0) is 14.3 Å². The molecule has 3 rings (SSSR count). The van der Waals surface area contributed by atoms with Gasteiger partial charge >= 0.3 is 12.0 Å². The molecule has 9 heteroatoms. The van der Waals surface area contributed by atoms with E-state index in [1.807, 2.05) is 18.2 Å². The van der Waals surface area contributed by atoms with Crippen molar-refractivity contribution in [3.05, 3.63) is 53.4 Å². The zero-order valence-electron chi connectivity index (χ0n) is 15.6. The van der Waals surface area contributed by atoms with Crippen LogP contribution in [0, 0.1) is 0 Å². The third-order valence-electron chi connectivity index (χ3n) is 4.18. The van der Waals surface area contributed by atoms with Gasteiger partial charge in [-0.05, 0) is 25.1 Å². The van der Waals surface area contributed by atoms with Gasteiger partial charge in [0, 0.05) is 25.9 Å². The predicted octanol–water partition coefficient (Wildman–Crippen LogP) is 1.48. The quantitative estimate of drug-likeness (QED) is 0.451. The highest BCUT2D eigenvalue weighted by atomic mass is 16.5. The van der Waals surface area contributed by atoms with Gasteiger partial charge in [0.25, 0.3) is 11.8 Å². The van der Waals surface area contributed by atoms with Gasteiger partial charge < -0.3 is 4.74 Å². The molecule has 1 fully saturated rings. The number of ether oxygens (including phenoxy) is 1. The Kier molecular flexibility index (Phi) is 5.08. The van der Waals surface area contributed by atoms with Crippen LogP contribution in [0.3, 0.4) is 0 Å². The Hall–Kier alpha value is -3.75. The van der Waals surface area contributed by atoms with Gasteiger partial charge in [0.05, 0.1) is 12.3 Å². The van der Waals surface area contributed by atoms with E-state index in [0.717, 1.165) is 9.80 Å². The van der Waals surface area contributed by atoms with Crippen LogP contribution >= 0.6 is 0 Å². The number of hydrogen-bond donors (Lipinski definition) is 0. The van der Waals surface area contributed by atoms with E-state index in [1.165, 1.54) is 31.1 Å². The van der Waals surface area contributed by atoms with Crippen molar-refractivity contribution >= 4 is 29.9 Å². The number of carbonyl (C=O) groups excluding carboxylic acids is 4. The third kappa shape index (κ3) is 3.29. The first kappa shape index (κ1) is 19.0. The first-order valence-corrected chi connectivity index (χ1v) is 8.49. The highest BCUT2D eigenvalue weighted by molar-refractivity contribution is 6.30. The number of para-hydroxylation sites is 1. The molecule has 0 N–H and O–H groups in total. The number of aromatic nitrogens is 2. The van der Waals surface area contributed by atoms with Crippen LogP contribution in [0.25, 0.3) is 11.8 Å². The van der Waals surface area contributed by atoms with Crippen molar-refractivity contribution in [1.29, 1.82) is 0 Å². The van der Waals surface area contributed by atoms with Crippen molar-refractivity contribution in [2.75, 3.05) is 20.7 Å². The van der Waals surface area contributed by atoms with E-state index in [1.54, 1.807) is 19.1 Å². The van der Waals surface area contributed by atoms with E-state index in [-0.39, 0.29) is 23.4 Å². The van der Waals surface area contributed by atoms with Crippen LogP contribution < -0.4 is 0 Å². The lowest BCUT2D eigenvalue weighted by molar-refractivity contribution is -0.134. The molecule has 144 valence electrons. The molecular formula is C19H18N4O5. The third-order valence-corrected chi connectivity index (χ3v) is 4.18. The lowest BCUT2D eigenvalue weighted by atomic mass is 10.1. The number of carbonyl (C=O) groups is 4. The van der Waals surface area contributed by atoms with Crippen LogP contribution in [0.2, 0.25) is 0 Å². The minimum Gasteiger partial charge on any atom is -0.461 e. The molecule has 9 nitrogen and oxygen atoms in total. The second-order valence-corrected chi connectivity index (χ2v) is 6.00. The molecule has 1 aromatic heterocycles. The SMILES string of the molecule is CCOC(=O)c1nn(-c2ccccc2)cc1C=C1C(=O)N(C)C(=O)N(C)C1=O. The van der Waals surface area contributed by atoms with Gasteiger partial charge in [-0.15, -0.1) is 0 Å². The molecule has 1 aliphatic rings. The Morgan fingerprint density at radius 1 is 1.07 bits per heavy atom. The summed E-state index contributed by atoms with van der Waals surface area (Å²) >= 11 is 0. The van der Waals surface area contributed by atoms with Crippen molar-refractivity contribution in [3.63, 3.8) is 0 Å². The van der Waals surface area contributed by atoms with E-state index >= 15 is 0 Å². The Morgan fingerprint density at radius 3 is 2.25 bits per heavy atom. The number of esters is 1. The maximum atomic E-state index is 12.4. The molecule has 0 spiro atoms. The van der Waals surface area contributed by atoms with E-state index < -0.39 is 23.8 Å². The topological polar surface area (TPSA) is 102 Å². The zero-order chi connectivity index (χ0) is 20.4. The summed E-state index contributed by atoms with van der Waals surface area (Å²) < 4.78 is 6.48. The Balaban J connectivity index is 2.12. The molecule has 0 bridgehead atoms. The number of rotatable bonds is 4. The fraction of sp³-hybridized carbons (Fsp3) is 0.211. The van der Waals surface area contributed by atoms with Gasteiger partial charge in [0.1, 0.15) is 5.57 Å². The smallest absolute Gasteiger partial charge is 0.359 e. The number of urea groups is 1. The summed E-state index contributed by atoms with van der Waals surface area (Å²) in [6, 6.07) is 8.31. The van der Waals surface area contributed by atoms with Gasteiger partial charge in [-0.3, -0.25) is 19.4 Å². The van der Waals surface area contributed by atoms with Crippen molar-refractivity contribution in [3.8, 4) is 5.69 Å². The molecule has 0 aliphatic carbocycles. The zero-order valence-corrected chi connectivity index (χ0v) is 15.6. The fourth-order valence-corrected chi connectivity index (χ4v) is 2.69. The summed E-state index contributed by atoms with van der Waals surface area (Å²) in [5.74, 6) is -2.19. The molecule has 0 unspecified atom stereocenters. The molecule has 1 aliphatic heterocycles. The number of imide groups is 2. The van der Waals surface area contributed by atoms with E-state index in [4.69, 9.17) is 4.74 Å². The molecule has 1 aromatic carbocycles. The maximum absolute atomic E-state index is 12.4. The maximum Gasteiger partial charge on any atom is 0.359 e. The largest absolute Gasteiger partial charge is 0.461 e. The summed E-state index contributed by atoms with van der Waals surface area (Å²) in [7, 11) is 2.56. The van der Waals surface area contributed by atoms with Crippen LogP contribution in [0.1, 0.15) is 23.0 Å². The van der Waals surface area contributed by atoms with E-state index in [9.17, 15) is 19.2 Å². The minimum atomic E-state index is -0.754. The Morgan fingerprint density at radius 2 is 1.68 bits per heavy atom. The average molecular weight is 382 g/mol. The van der Waals surface area contributed by atoms with Crippen molar-refractivity contribution in [2.24, 2.45) is 0 Å². The number of barbiturate groups is 1. The van der Waals surface area contributed by atoms with Gasteiger partial charge in [0.2, 0.25) is 0 Å². The normalized spacial score (nSPS) is 14.5. The van der Waals surface area contributed by atoms with Gasteiger partial charge in [-0.2, -0.15) is 5.10 Å². The Bertz CT molecular complexity index is 967. The molecule has 1 saturated heterocycles. The summed E-state index contributed by atoms with van der Waals surface area (Å²) in [4.78, 5) is 50.7. The fourth-order valence-electron chi connectivity index (χ4n) is 2.69. The summed E-state index contributed by atoms with van der Waals surface area (Å²) in [6.07, 6.45) is 2.77. The van der Waals surface area contributed by atoms with Crippen molar-refractivity contribution in [1.82, 2.24) is 19.6 Å². The van der Waals surface area contributed by atoms with Crippen LogP contribution in [0.4, 0.5) is 4.79 Å². The van der Waals surface area contributed by atoms with Crippen molar-refractivity contribution in [2.45, 2.75) is 6.92 Å². The Labute approximate surface area is 160 Å². The second kappa shape index (κ2) is 7.47. The molecule has 2 heterocycles. The molecule has 28 heavy (non-hydrogen) atoms. The highest BCUT2D eigenvalue weighted by Gasteiger charge is 2.38. The van der Waals surface area contributed by atoms with Crippen LogP contribution in [0.15, 0.2) is 42.1 Å². The number of nitrogens with zero attached hydrogens (tertiary/aromatic N) is 4. The van der Waals surface area contributed by atoms with Gasteiger partial charge in [-0.1, -0.05) is 18.2 Å². The van der Waals surface area contributed by atoms with Crippen LogP contribution in [0.5, 0.6) is 0 Å². The number of benzene rings is 1. The molecule has 2 aromatic rings. The molecule has 4 amide bonds. The molecular weight excluding hydrogens is 364 g/mol. The second-order valence-electron chi connectivity index (χ2n) is 6.00. The first-order chi connectivity index (χ1) is 13.3. The lowest BCUT2D eigenvalue weighted by Crippen LogP contribution is -2.52.